The normalized spacial score (nSPS) is 16.4. The molecule has 5 heteroatoms. The van der Waals surface area contributed by atoms with Crippen LogP contribution >= 0.6 is 11.3 Å². The van der Waals surface area contributed by atoms with Gasteiger partial charge in [-0.3, -0.25) is 9.48 Å². The summed E-state index contributed by atoms with van der Waals surface area (Å²) in [5.41, 5.74) is 4.09. The Morgan fingerprint density at radius 2 is 2.20 bits per heavy atom. The van der Waals surface area contributed by atoms with Crippen molar-refractivity contribution >= 4 is 17.2 Å². The highest BCUT2D eigenvalue weighted by Gasteiger charge is 2.23. The van der Waals surface area contributed by atoms with Crippen LogP contribution in [0.15, 0.2) is 47.8 Å². The van der Waals surface area contributed by atoms with Crippen molar-refractivity contribution in [3.05, 3.63) is 64.7 Å². The van der Waals surface area contributed by atoms with Gasteiger partial charge in [-0.1, -0.05) is 30.3 Å². The van der Waals surface area contributed by atoms with Gasteiger partial charge in [0, 0.05) is 6.54 Å². The van der Waals surface area contributed by atoms with Crippen LogP contribution in [0.3, 0.4) is 0 Å². The number of carbonyl (C=O) groups excluding carboxylic acids is 1. The topological polar surface area (TPSA) is 46.9 Å². The van der Waals surface area contributed by atoms with Crippen molar-refractivity contribution < 1.29 is 4.79 Å². The summed E-state index contributed by atoms with van der Waals surface area (Å²) in [5.74, 6) is -0.0910. The van der Waals surface area contributed by atoms with Crippen LogP contribution in [-0.4, -0.2) is 15.7 Å². The maximum Gasteiger partial charge on any atom is 0.272 e. The van der Waals surface area contributed by atoms with Crippen LogP contribution in [0.5, 0.6) is 0 Å². The number of benzene rings is 1. The first-order valence-electron chi connectivity index (χ1n) is 8.76. The largest absolute Gasteiger partial charge is 0.344 e. The predicted molar refractivity (Wildman–Crippen MR) is 101 cm³/mol. The molecular weight excluding hydrogens is 330 g/mol. The van der Waals surface area contributed by atoms with Gasteiger partial charge in [0.15, 0.2) is 5.69 Å². The lowest BCUT2D eigenvalue weighted by Gasteiger charge is -2.26. The lowest BCUT2D eigenvalue weighted by Crippen LogP contribution is -2.31. The van der Waals surface area contributed by atoms with Crippen molar-refractivity contribution in [3.8, 4) is 10.6 Å². The molecule has 2 aromatic heterocycles. The fraction of sp³-hybridized carbons (Fsp3) is 0.300. The van der Waals surface area contributed by atoms with Crippen LogP contribution < -0.4 is 5.32 Å². The van der Waals surface area contributed by atoms with Gasteiger partial charge in [-0.15, -0.1) is 11.3 Å². The van der Waals surface area contributed by atoms with Gasteiger partial charge in [0.2, 0.25) is 0 Å². The summed E-state index contributed by atoms with van der Waals surface area (Å²) in [7, 11) is 0. The molecule has 0 fully saturated rings. The number of aryl methyl sites for hydroxylation is 2. The van der Waals surface area contributed by atoms with Crippen LogP contribution in [-0.2, 0) is 13.0 Å². The van der Waals surface area contributed by atoms with Crippen LogP contribution in [0, 0.1) is 0 Å². The molecule has 1 unspecified atom stereocenters. The molecule has 1 aliphatic rings. The van der Waals surface area contributed by atoms with Gasteiger partial charge in [0.1, 0.15) is 0 Å². The first-order chi connectivity index (χ1) is 12.3. The molecule has 1 atom stereocenters. The van der Waals surface area contributed by atoms with Gasteiger partial charge in [0.25, 0.3) is 5.91 Å². The fourth-order valence-corrected chi connectivity index (χ4v) is 4.27. The second-order valence-corrected chi connectivity index (χ2v) is 7.27. The smallest absolute Gasteiger partial charge is 0.272 e. The van der Waals surface area contributed by atoms with E-state index >= 15 is 0 Å². The Balaban J connectivity index is 1.58. The van der Waals surface area contributed by atoms with Gasteiger partial charge < -0.3 is 5.32 Å². The van der Waals surface area contributed by atoms with Crippen LogP contribution in [0.25, 0.3) is 10.6 Å². The number of hydrogen-bond donors (Lipinski definition) is 1. The Morgan fingerprint density at radius 1 is 1.32 bits per heavy atom. The highest BCUT2D eigenvalue weighted by molar-refractivity contribution is 7.13. The molecule has 0 saturated heterocycles. The van der Waals surface area contributed by atoms with Gasteiger partial charge in [-0.25, -0.2) is 0 Å². The Bertz CT molecular complexity index is 882. The predicted octanol–water partition coefficient (Wildman–Crippen LogP) is 4.44. The number of rotatable bonds is 4. The van der Waals surface area contributed by atoms with Crippen molar-refractivity contribution in [2.75, 3.05) is 0 Å². The minimum absolute atomic E-state index is 0.0782. The third-order valence-electron chi connectivity index (χ3n) is 4.76. The zero-order valence-corrected chi connectivity index (χ0v) is 15.1. The molecule has 128 valence electrons. The quantitative estimate of drug-likeness (QED) is 0.755. The first-order valence-corrected chi connectivity index (χ1v) is 9.64. The Labute approximate surface area is 151 Å². The number of carbonyl (C=O) groups is 1. The number of nitrogens with zero attached hydrogens (tertiary/aromatic N) is 2. The van der Waals surface area contributed by atoms with E-state index in [-0.39, 0.29) is 11.9 Å². The lowest BCUT2D eigenvalue weighted by atomic mass is 9.87. The summed E-state index contributed by atoms with van der Waals surface area (Å²) in [5, 5.41) is 9.75. The number of amides is 1. The van der Waals surface area contributed by atoms with Crippen LogP contribution in [0.2, 0.25) is 0 Å². The van der Waals surface area contributed by atoms with E-state index in [4.69, 9.17) is 0 Å². The van der Waals surface area contributed by atoms with Crippen LogP contribution in [0.1, 0.15) is 47.4 Å². The van der Waals surface area contributed by atoms with Gasteiger partial charge in [-0.05, 0) is 54.8 Å². The maximum absolute atomic E-state index is 12.8. The maximum atomic E-state index is 12.8. The van der Waals surface area contributed by atoms with Crippen LogP contribution in [0.4, 0.5) is 0 Å². The zero-order chi connectivity index (χ0) is 17.2. The SMILES string of the molecule is CCn1nc(C(=O)NC2CCCc3ccccc32)cc1-c1cccs1. The molecule has 1 amide bonds. The number of aromatic nitrogens is 2. The van der Waals surface area contributed by atoms with E-state index in [1.54, 1.807) is 11.3 Å². The minimum Gasteiger partial charge on any atom is -0.344 e. The number of fused-ring (bicyclic) bond motifs is 1. The molecule has 25 heavy (non-hydrogen) atoms. The van der Waals surface area contributed by atoms with Crippen molar-refractivity contribution in [2.24, 2.45) is 0 Å². The molecule has 0 aliphatic heterocycles. The lowest BCUT2D eigenvalue weighted by molar-refractivity contribution is 0.0927. The number of nitrogens with one attached hydrogen (secondary N) is 1. The fourth-order valence-electron chi connectivity index (χ4n) is 3.53. The highest BCUT2D eigenvalue weighted by Crippen LogP contribution is 2.30. The molecule has 0 saturated carbocycles. The average Bonchev–Trinajstić information content (AvgIpc) is 3.31. The summed E-state index contributed by atoms with van der Waals surface area (Å²) < 4.78 is 1.90. The minimum atomic E-state index is -0.0910. The van der Waals surface area contributed by atoms with E-state index in [0.717, 1.165) is 36.4 Å². The third kappa shape index (κ3) is 3.12. The summed E-state index contributed by atoms with van der Waals surface area (Å²) in [4.78, 5) is 13.9. The summed E-state index contributed by atoms with van der Waals surface area (Å²) >= 11 is 1.66. The Kier molecular flexibility index (Phi) is 4.40. The summed E-state index contributed by atoms with van der Waals surface area (Å²) in [6.07, 6.45) is 3.18. The molecular formula is C20H21N3OS. The number of hydrogen-bond acceptors (Lipinski definition) is 3. The second kappa shape index (κ2) is 6.84. The van der Waals surface area contributed by atoms with Crippen molar-refractivity contribution in [3.63, 3.8) is 0 Å². The monoisotopic (exact) mass is 351 g/mol. The van der Waals surface area contributed by atoms with Gasteiger partial charge in [-0.2, -0.15) is 5.10 Å². The molecule has 1 aliphatic carbocycles. The number of thiophene rings is 1. The summed E-state index contributed by atoms with van der Waals surface area (Å²) in [6.45, 7) is 2.79. The van der Waals surface area contributed by atoms with Gasteiger partial charge >= 0.3 is 0 Å². The summed E-state index contributed by atoms with van der Waals surface area (Å²) in [6, 6.07) is 14.5. The van der Waals surface area contributed by atoms with E-state index in [0.29, 0.717) is 5.69 Å². The Morgan fingerprint density at radius 3 is 3.00 bits per heavy atom. The van der Waals surface area contributed by atoms with Crippen molar-refractivity contribution in [2.45, 2.75) is 38.8 Å². The molecule has 4 nitrogen and oxygen atoms in total. The van der Waals surface area contributed by atoms with E-state index in [1.807, 2.05) is 35.2 Å². The first kappa shape index (κ1) is 16.1. The van der Waals surface area contributed by atoms with E-state index in [1.165, 1.54) is 11.1 Å². The van der Waals surface area contributed by atoms with E-state index in [2.05, 4.69) is 34.7 Å². The molecule has 0 radical (unpaired) electrons. The second-order valence-electron chi connectivity index (χ2n) is 6.32. The average molecular weight is 351 g/mol. The third-order valence-corrected chi connectivity index (χ3v) is 5.65. The highest BCUT2D eigenvalue weighted by atomic mass is 32.1. The molecule has 3 aromatic rings. The van der Waals surface area contributed by atoms with E-state index < -0.39 is 0 Å². The molecule has 0 bridgehead atoms. The van der Waals surface area contributed by atoms with Crippen molar-refractivity contribution in [1.82, 2.24) is 15.1 Å². The standard InChI is InChI=1S/C20H21N3OS/c1-2-23-18(19-11-6-12-25-19)13-17(22-23)20(24)21-16-10-5-8-14-7-3-4-9-15(14)16/h3-4,6-7,9,11-13,16H,2,5,8,10H2,1H3,(H,21,24). The molecule has 1 N–H and O–H groups in total. The Hall–Kier alpha value is -2.40. The molecule has 4 rings (SSSR count). The molecule has 2 heterocycles. The van der Waals surface area contributed by atoms with Crippen molar-refractivity contribution in [1.29, 1.82) is 0 Å². The molecule has 0 spiro atoms. The molecule has 1 aromatic carbocycles. The van der Waals surface area contributed by atoms with Gasteiger partial charge in [0.05, 0.1) is 16.6 Å². The zero-order valence-electron chi connectivity index (χ0n) is 14.2. The van der Waals surface area contributed by atoms with E-state index in [9.17, 15) is 4.79 Å².